The molecule has 7 heteroatoms. The van der Waals surface area contributed by atoms with Crippen molar-refractivity contribution in [3.63, 3.8) is 0 Å². The van der Waals surface area contributed by atoms with Gasteiger partial charge < -0.3 is 18.9 Å². The Morgan fingerprint density at radius 1 is 0.683 bits per heavy atom. The second-order valence-corrected chi connectivity index (χ2v) is 10.4. The fourth-order valence-corrected chi connectivity index (χ4v) is 3.88. The van der Waals surface area contributed by atoms with Gasteiger partial charge in [0.25, 0.3) is 0 Å². The highest BCUT2D eigenvalue weighted by Crippen LogP contribution is 2.25. The smallest absolute Gasteiger partial charge is 0.488 e. The second kappa shape index (κ2) is 13.4. The van der Waals surface area contributed by atoms with Gasteiger partial charge in [-0.05, 0) is 52.4 Å². The first-order valence-electron chi connectivity index (χ1n) is 13.2. The maximum atomic E-state index is 13.1. The molecule has 0 N–H and O–H groups in total. The molecule has 0 unspecified atom stereocenters. The molecule has 0 fully saturated rings. The maximum Gasteiger partial charge on any atom is 0.514 e. The zero-order chi connectivity index (χ0) is 29.2. The molecule has 4 rings (SSSR count). The number of ketones is 1. The molecule has 0 saturated heterocycles. The van der Waals surface area contributed by atoms with Crippen molar-refractivity contribution in [2.24, 2.45) is 0 Å². The Bertz CT molecular complexity index is 1470. The van der Waals surface area contributed by atoms with E-state index in [0.29, 0.717) is 5.75 Å². The van der Waals surface area contributed by atoms with Crippen molar-refractivity contribution in [2.75, 3.05) is 6.61 Å². The van der Waals surface area contributed by atoms with Gasteiger partial charge in [-0.15, -0.1) is 0 Å². The Morgan fingerprint density at radius 3 is 1.90 bits per heavy atom. The van der Waals surface area contributed by atoms with E-state index in [1.165, 1.54) is 18.2 Å². The quantitative estimate of drug-likeness (QED) is 0.116. The van der Waals surface area contributed by atoms with E-state index in [1.54, 1.807) is 12.1 Å². The molecule has 0 bridgehead atoms. The summed E-state index contributed by atoms with van der Waals surface area (Å²) in [5.74, 6) is -0.594. The van der Waals surface area contributed by atoms with E-state index >= 15 is 0 Å². The third-order valence-electron chi connectivity index (χ3n) is 6.21. The number of ether oxygens (including phenoxy) is 4. The van der Waals surface area contributed by atoms with Crippen LogP contribution in [0.25, 0.3) is 0 Å². The van der Waals surface area contributed by atoms with Gasteiger partial charge in [-0.2, -0.15) is 0 Å². The molecule has 4 aromatic rings. The molecule has 0 aliphatic rings. The average Bonchev–Trinajstić information content (AvgIpc) is 2.98. The van der Waals surface area contributed by atoms with Crippen LogP contribution in [0.15, 0.2) is 103 Å². The molecule has 0 amide bonds. The van der Waals surface area contributed by atoms with Crippen LogP contribution in [0.4, 0.5) is 4.79 Å². The van der Waals surface area contributed by atoms with Crippen LogP contribution >= 0.6 is 0 Å². The SMILES string of the molecule is CC(C)(C)c1ccc(OC(=O)OCC(=O)c2ccc(OCc3ccccc3)c(C(=O)OCc3ccccc3)c2)cc1. The van der Waals surface area contributed by atoms with Crippen LogP contribution in [0.5, 0.6) is 11.5 Å². The van der Waals surface area contributed by atoms with Crippen molar-refractivity contribution in [2.45, 2.75) is 39.4 Å². The van der Waals surface area contributed by atoms with E-state index in [-0.39, 0.29) is 35.5 Å². The Labute approximate surface area is 239 Å². The minimum Gasteiger partial charge on any atom is -0.488 e. The summed E-state index contributed by atoms with van der Waals surface area (Å²) in [6.45, 7) is 5.96. The summed E-state index contributed by atoms with van der Waals surface area (Å²) in [6, 6.07) is 30.3. The summed E-state index contributed by atoms with van der Waals surface area (Å²) in [7, 11) is 0. The van der Waals surface area contributed by atoms with E-state index in [1.807, 2.05) is 72.8 Å². The summed E-state index contributed by atoms with van der Waals surface area (Å²) in [6.07, 6.45) is -1.01. The third kappa shape index (κ3) is 8.54. The van der Waals surface area contributed by atoms with Gasteiger partial charge in [-0.1, -0.05) is 93.6 Å². The molecule has 4 aromatic carbocycles. The topological polar surface area (TPSA) is 88.1 Å². The Hall–Kier alpha value is -4.91. The predicted octanol–water partition coefficient (Wildman–Crippen LogP) is 7.32. The number of esters is 1. The summed E-state index contributed by atoms with van der Waals surface area (Å²) < 4.78 is 21.6. The van der Waals surface area contributed by atoms with Crippen LogP contribution in [0, 0.1) is 0 Å². The van der Waals surface area contributed by atoms with E-state index < -0.39 is 24.5 Å². The Kier molecular flexibility index (Phi) is 9.53. The summed E-state index contributed by atoms with van der Waals surface area (Å²) in [5, 5.41) is 0. The van der Waals surface area contributed by atoms with Crippen molar-refractivity contribution >= 4 is 17.9 Å². The van der Waals surface area contributed by atoms with Crippen molar-refractivity contribution < 1.29 is 33.3 Å². The lowest BCUT2D eigenvalue weighted by molar-refractivity contribution is 0.0467. The highest BCUT2D eigenvalue weighted by molar-refractivity contribution is 6.01. The first-order valence-corrected chi connectivity index (χ1v) is 13.2. The molecule has 0 aliphatic heterocycles. The largest absolute Gasteiger partial charge is 0.514 e. The van der Waals surface area contributed by atoms with Gasteiger partial charge >= 0.3 is 12.1 Å². The summed E-state index contributed by atoms with van der Waals surface area (Å²) in [4.78, 5) is 38.1. The van der Waals surface area contributed by atoms with Crippen LogP contribution in [-0.2, 0) is 28.1 Å². The first-order chi connectivity index (χ1) is 19.7. The fourth-order valence-electron chi connectivity index (χ4n) is 3.88. The van der Waals surface area contributed by atoms with Crippen molar-refractivity contribution in [1.82, 2.24) is 0 Å². The van der Waals surface area contributed by atoms with Crippen LogP contribution < -0.4 is 9.47 Å². The molecular formula is C34H32O7. The highest BCUT2D eigenvalue weighted by atomic mass is 16.7. The number of rotatable bonds is 10. The van der Waals surface area contributed by atoms with Crippen LogP contribution in [0.2, 0.25) is 0 Å². The minimum absolute atomic E-state index is 0.0413. The molecule has 41 heavy (non-hydrogen) atoms. The van der Waals surface area contributed by atoms with Gasteiger partial charge in [0, 0.05) is 5.56 Å². The molecule has 0 aromatic heterocycles. The number of benzene rings is 4. The Morgan fingerprint density at radius 2 is 1.29 bits per heavy atom. The van der Waals surface area contributed by atoms with E-state index in [4.69, 9.17) is 18.9 Å². The van der Waals surface area contributed by atoms with Crippen molar-refractivity contribution in [3.8, 4) is 11.5 Å². The molecule has 0 spiro atoms. The molecule has 210 valence electrons. The lowest BCUT2D eigenvalue weighted by atomic mass is 9.87. The van der Waals surface area contributed by atoms with Crippen molar-refractivity contribution in [1.29, 1.82) is 0 Å². The van der Waals surface area contributed by atoms with Gasteiger partial charge in [0.1, 0.15) is 30.3 Å². The average molecular weight is 553 g/mol. The Balaban J connectivity index is 1.42. The van der Waals surface area contributed by atoms with E-state index in [9.17, 15) is 14.4 Å². The molecule has 7 nitrogen and oxygen atoms in total. The zero-order valence-corrected chi connectivity index (χ0v) is 23.3. The lowest BCUT2D eigenvalue weighted by Gasteiger charge is -2.18. The highest BCUT2D eigenvalue weighted by Gasteiger charge is 2.20. The van der Waals surface area contributed by atoms with Gasteiger partial charge in [-0.3, -0.25) is 4.79 Å². The number of Topliss-reactive ketones (excluding diaryl/α,β-unsaturated/α-hetero) is 1. The lowest BCUT2D eigenvalue weighted by Crippen LogP contribution is -2.18. The standard InChI is InChI=1S/C34H32O7/c1-34(2,3)27-15-17-28(18-16-27)41-33(37)40-23-30(35)26-14-19-31(38-21-24-10-6-4-7-11-24)29(20-26)32(36)39-22-25-12-8-5-9-13-25/h4-20H,21-23H2,1-3H3. The number of hydrogen-bond donors (Lipinski definition) is 0. The third-order valence-corrected chi connectivity index (χ3v) is 6.21. The number of carbonyl (C=O) groups excluding carboxylic acids is 3. The van der Waals surface area contributed by atoms with E-state index in [2.05, 4.69) is 20.8 Å². The molecular weight excluding hydrogens is 520 g/mol. The normalized spacial score (nSPS) is 10.9. The number of hydrogen-bond acceptors (Lipinski definition) is 7. The molecule has 0 aliphatic carbocycles. The van der Waals surface area contributed by atoms with Crippen LogP contribution in [-0.4, -0.2) is 24.5 Å². The van der Waals surface area contributed by atoms with Gasteiger partial charge in [0.2, 0.25) is 0 Å². The number of carbonyl (C=O) groups is 3. The minimum atomic E-state index is -1.01. The van der Waals surface area contributed by atoms with Gasteiger partial charge in [0.05, 0.1) is 0 Å². The first kappa shape index (κ1) is 29.1. The zero-order valence-electron chi connectivity index (χ0n) is 23.3. The predicted molar refractivity (Wildman–Crippen MR) is 154 cm³/mol. The van der Waals surface area contributed by atoms with E-state index in [0.717, 1.165) is 16.7 Å². The summed E-state index contributed by atoms with van der Waals surface area (Å²) >= 11 is 0. The van der Waals surface area contributed by atoms with Crippen molar-refractivity contribution in [3.05, 3.63) is 131 Å². The molecule has 0 atom stereocenters. The maximum absolute atomic E-state index is 13.1. The van der Waals surface area contributed by atoms with Crippen LogP contribution in [0.1, 0.15) is 58.2 Å². The monoisotopic (exact) mass is 552 g/mol. The second-order valence-electron chi connectivity index (χ2n) is 10.4. The molecule has 0 saturated carbocycles. The van der Waals surface area contributed by atoms with Gasteiger partial charge in [0.15, 0.2) is 12.4 Å². The van der Waals surface area contributed by atoms with Crippen LogP contribution in [0.3, 0.4) is 0 Å². The van der Waals surface area contributed by atoms with Gasteiger partial charge in [-0.25, -0.2) is 9.59 Å². The molecule has 0 radical (unpaired) electrons. The summed E-state index contributed by atoms with van der Waals surface area (Å²) in [5.41, 5.74) is 3.02. The fraction of sp³-hybridized carbons (Fsp3) is 0.206. The molecule has 0 heterocycles.